The Morgan fingerprint density at radius 3 is 1.66 bits per heavy atom. The smallest absolute Gasteiger partial charge is 0.462 e. The second kappa shape index (κ2) is 34.4. The van der Waals surface area contributed by atoms with Crippen LogP contribution in [0.15, 0.2) is 24.3 Å². The third kappa shape index (κ3) is 34.2. The van der Waals surface area contributed by atoms with E-state index >= 15 is 0 Å². The second-order valence-electron chi connectivity index (χ2n) is 12.4. The van der Waals surface area contributed by atoms with Gasteiger partial charge >= 0.3 is 19.8 Å². The molecular formula is C37H70NO8P. The van der Waals surface area contributed by atoms with Crippen LogP contribution in [0.2, 0.25) is 0 Å². The van der Waals surface area contributed by atoms with E-state index in [2.05, 4.69) is 38.2 Å². The molecule has 3 N–H and O–H groups in total. The van der Waals surface area contributed by atoms with E-state index in [4.69, 9.17) is 24.3 Å². The average Bonchev–Trinajstić information content (AvgIpc) is 3.05. The third-order valence-electron chi connectivity index (χ3n) is 7.84. The molecule has 0 aromatic rings. The predicted molar refractivity (Wildman–Crippen MR) is 192 cm³/mol. The SMILES string of the molecule is CCCCC/C=C/C/C=C/CCCCCCCCCCCC(=O)O[C@H](COC(=O)CCCCCCCCC)COP(=O)(O)OCCN. The molecule has 10 heteroatoms. The van der Waals surface area contributed by atoms with Crippen LogP contribution in [0.25, 0.3) is 0 Å². The van der Waals surface area contributed by atoms with Crippen molar-refractivity contribution in [2.24, 2.45) is 5.73 Å². The molecule has 276 valence electrons. The Balaban J connectivity index is 4.12. The highest BCUT2D eigenvalue weighted by molar-refractivity contribution is 7.47. The van der Waals surface area contributed by atoms with Gasteiger partial charge in [0.05, 0.1) is 13.2 Å². The number of unbranched alkanes of at least 4 members (excludes halogenated alkanes) is 18. The van der Waals surface area contributed by atoms with Gasteiger partial charge < -0.3 is 20.1 Å². The number of phosphoric acid groups is 1. The number of carbonyl (C=O) groups excluding carboxylic acids is 2. The minimum atomic E-state index is -4.36. The van der Waals surface area contributed by atoms with Crippen molar-refractivity contribution in [2.45, 2.75) is 174 Å². The maximum atomic E-state index is 12.5. The predicted octanol–water partition coefficient (Wildman–Crippen LogP) is 10.0. The summed E-state index contributed by atoms with van der Waals surface area (Å²) in [7, 11) is -4.36. The first-order valence-electron chi connectivity index (χ1n) is 18.8. The van der Waals surface area contributed by atoms with Crippen LogP contribution in [0.3, 0.4) is 0 Å². The molecule has 0 amide bonds. The number of phosphoric ester groups is 1. The lowest BCUT2D eigenvalue weighted by Crippen LogP contribution is -2.29. The zero-order valence-corrected chi connectivity index (χ0v) is 30.9. The molecule has 0 radical (unpaired) electrons. The van der Waals surface area contributed by atoms with E-state index in [1.54, 1.807) is 0 Å². The van der Waals surface area contributed by atoms with Crippen LogP contribution in [0.5, 0.6) is 0 Å². The van der Waals surface area contributed by atoms with E-state index in [-0.39, 0.29) is 38.6 Å². The molecule has 0 fully saturated rings. The quantitative estimate of drug-likeness (QED) is 0.0289. The molecule has 0 aliphatic carbocycles. The topological polar surface area (TPSA) is 134 Å². The Hall–Kier alpha value is -1.51. The highest BCUT2D eigenvalue weighted by Gasteiger charge is 2.25. The number of ether oxygens (including phenoxy) is 2. The van der Waals surface area contributed by atoms with Gasteiger partial charge in [-0.25, -0.2) is 4.57 Å². The lowest BCUT2D eigenvalue weighted by Gasteiger charge is -2.19. The summed E-state index contributed by atoms with van der Waals surface area (Å²) in [6.07, 6.45) is 33.7. The summed E-state index contributed by atoms with van der Waals surface area (Å²) in [5, 5.41) is 0. The molecule has 9 nitrogen and oxygen atoms in total. The van der Waals surface area contributed by atoms with E-state index in [0.29, 0.717) is 6.42 Å². The minimum Gasteiger partial charge on any atom is -0.462 e. The van der Waals surface area contributed by atoms with Crippen LogP contribution in [0.1, 0.15) is 168 Å². The molecule has 2 atom stereocenters. The van der Waals surface area contributed by atoms with E-state index in [1.807, 2.05) is 0 Å². The van der Waals surface area contributed by atoms with Gasteiger partial charge in [0.25, 0.3) is 0 Å². The van der Waals surface area contributed by atoms with Crippen molar-refractivity contribution in [2.75, 3.05) is 26.4 Å². The summed E-state index contributed by atoms with van der Waals surface area (Å²) in [5.41, 5.74) is 5.32. The fourth-order valence-corrected chi connectivity index (χ4v) is 5.78. The summed E-state index contributed by atoms with van der Waals surface area (Å²) in [6.45, 7) is 3.64. The van der Waals surface area contributed by atoms with Gasteiger partial charge in [-0.3, -0.25) is 18.6 Å². The number of rotatable bonds is 35. The van der Waals surface area contributed by atoms with Crippen molar-refractivity contribution in [3.05, 3.63) is 24.3 Å². The zero-order chi connectivity index (χ0) is 34.7. The van der Waals surface area contributed by atoms with Gasteiger partial charge in [0.15, 0.2) is 6.10 Å². The van der Waals surface area contributed by atoms with Gasteiger partial charge in [-0.2, -0.15) is 0 Å². The molecule has 0 heterocycles. The first-order valence-corrected chi connectivity index (χ1v) is 20.3. The fourth-order valence-electron chi connectivity index (χ4n) is 5.02. The number of nitrogens with two attached hydrogens (primary N) is 1. The van der Waals surface area contributed by atoms with Crippen molar-refractivity contribution in [1.29, 1.82) is 0 Å². The third-order valence-corrected chi connectivity index (χ3v) is 8.82. The lowest BCUT2D eigenvalue weighted by molar-refractivity contribution is -0.161. The van der Waals surface area contributed by atoms with E-state index in [9.17, 15) is 19.0 Å². The Morgan fingerprint density at radius 2 is 1.11 bits per heavy atom. The standard InChI is InChI=1S/C37H70NO8P/c1-3-5-7-9-11-12-13-14-15-16-17-18-19-20-21-22-24-26-28-30-37(40)46-35(34-45-47(41,42)44-32-31-38)33-43-36(39)29-27-25-23-10-8-6-4-2/h11-12,14-15,35H,3-10,13,16-34,38H2,1-2H3,(H,41,42)/b12-11+,15-14+/t35-/m1/s1. The number of hydrogen-bond acceptors (Lipinski definition) is 8. The maximum Gasteiger partial charge on any atom is 0.472 e. The normalized spacial score (nSPS) is 13.7. The van der Waals surface area contributed by atoms with Crippen LogP contribution in [-0.2, 0) is 32.7 Å². The molecule has 47 heavy (non-hydrogen) atoms. The largest absolute Gasteiger partial charge is 0.472 e. The molecule has 0 rings (SSSR count). The molecule has 0 aliphatic heterocycles. The molecule has 0 aliphatic rings. The second-order valence-corrected chi connectivity index (χ2v) is 13.9. The van der Waals surface area contributed by atoms with E-state index in [1.165, 1.54) is 83.5 Å². The van der Waals surface area contributed by atoms with Gasteiger partial charge in [0.1, 0.15) is 6.61 Å². The number of esters is 2. The highest BCUT2D eigenvalue weighted by atomic mass is 31.2. The molecule has 0 bridgehead atoms. The van der Waals surface area contributed by atoms with Gasteiger partial charge in [0, 0.05) is 19.4 Å². The first kappa shape index (κ1) is 45.5. The Bertz CT molecular complexity index is 835. The fraction of sp³-hybridized carbons (Fsp3) is 0.838. The summed E-state index contributed by atoms with van der Waals surface area (Å²) in [4.78, 5) is 34.5. The van der Waals surface area contributed by atoms with Crippen LogP contribution in [0.4, 0.5) is 0 Å². The monoisotopic (exact) mass is 687 g/mol. The molecule has 0 spiro atoms. The number of hydrogen-bond donors (Lipinski definition) is 2. The van der Waals surface area contributed by atoms with Crippen molar-refractivity contribution < 1.29 is 37.6 Å². The van der Waals surface area contributed by atoms with Gasteiger partial charge in [-0.15, -0.1) is 0 Å². The van der Waals surface area contributed by atoms with Crippen LogP contribution in [-0.4, -0.2) is 49.3 Å². The lowest BCUT2D eigenvalue weighted by atomic mass is 10.1. The zero-order valence-electron chi connectivity index (χ0n) is 30.0. The molecule has 0 saturated heterocycles. The van der Waals surface area contributed by atoms with Gasteiger partial charge in [-0.05, 0) is 44.9 Å². The van der Waals surface area contributed by atoms with Gasteiger partial charge in [-0.1, -0.05) is 134 Å². The Kier molecular flexibility index (Phi) is 33.3. The molecule has 0 aromatic heterocycles. The maximum absolute atomic E-state index is 12.5. The van der Waals surface area contributed by atoms with Crippen molar-refractivity contribution in [3.8, 4) is 0 Å². The average molecular weight is 688 g/mol. The number of allylic oxidation sites excluding steroid dienone is 4. The van der Waals surface area contributed by atoms with Crippen molar-refractivity contribution in [3.63, 3.8) is 0 Å². The van der Waals surface area contributed by atoms with Crippen molar-refractivity contribution >= 4 is 19.8 Å². The highest BCUT2D eigenvalue weighted by Crippen LogP contribution is 2.43. The summed E-state index contributed by atoms with van der Waals surface area (Å²) in [5.74, 6) is -0.839. The number of carbonyl (C=O) groups is 2. The Morgan fingerprint density at radius 1 is 0.638 bits per heavy atom. The van der Waals surface area contributed by atoms with Crippen LogP contribution < -0.4 is 5.73 Å². The van der Waals surface area contributed by atoms with Gasteiger partial charge in [0.2, 0.25) is 0 Å². The molecule has 0 aromatic carbocycles. The minimum absolute atomic E-state index is 0.0537. The molecule has 1 unspecified atom stereocenters. The summed E-state index contributed by atoms with van der Waals surface area (Å²) < 4.78 is 32.5. The van der Waals surface area contributed by atoms with Crippen LogP contribution >= 0.6 is 7.82 Å². The molecule has 0 saturated carbocycles. The van der Waals surface area contributed by atoms with E-state index < -0.39 is 26.5 Å². The summed E-state index contributed by atoms with van der Waals surface area (Å²) >= 11 is 0. The molecular weight excluding hydrogens is 617 g/mol. The first-order chi connectivity index (χ1) is 22.8. The summed E-state index contributed by atoms with van der Waals surface area (Å²) in [6, 6.07) is 0. The van der Waals surface area contributed by atoms with Crippen molar-refractivity contribution in [1.82, 2.24) is 0 Å². The Labute approximate surface area is 287 Å². The van der Waals surface area contributed by atoms with E-state index in [0.717, 1.165) is 51.4 Å². The van der Waals surface area contributed by atoms with Crippen LogP contribution in [0, 0.1) is 0 Å².